The minimum Gasteiger partial charge on any atom is -0.330 e. The normalized spacial score (nSPS) is 23.8. The molecular formula is C14H20BrN3O2. The number of rotatable bonds is 4. The number of nitrogens with zero attached hydrogens (tertiary/aromatic N) is 2. The summed E-state index contributed by atoms with van der Waals surface area (Å²) in [5.74, 6) is 1.12. The highest BCUT2D eigenvalue weighted by Gasteiger charge is 2.26. The lowest BCUT2D eigenvalue weighted by molar-refractivity contribution is -0.385. The average molecular weight is 342 g/mol. The number of nitro benzene ring substituents is 1. The fourth-order valence-corrected chi connectivity index (χ4v) is 3.11. The van der Waals surface area contributed by atoms with E-state index >= 15 is 0 Å². The average Bonchev–Trinajstić information content (AvgIpc) is 2.42. The summed E-state index contributed by atoms with van der Waals surface area (Å²) in [6, 6.07) is 5.26. The van der Waals surface area contributed by atoms with Crippen LogP contribution in [0.4, 0.5) is 5.69 Å². The van der Waals surface area contributed by atoms with Gasteiger partial charge in [-0.15, -0.1) is 0 Å². The monoisotopic (exact) mass is 341 g/mol. The fourth-order valence-electron chi connectivity index (χ4n) is 2.76. The molecule has 0 aliphatic carbocycles. The van der Waals surface area contributed by atoms with Crippen LogP contribution in [0.1, 0.15) is 18.9 Å². The van der Waals surface area contributed by atoms with E-state index in [0.29, 0.717) is 24.9 Å². The van der Waals surface area contributed by atoms with E-state index in [-0.39, 0.29) is 10.6 Å². The van der Waals surface area contributed by atoms with Gasteiger partial charge in [-0.05, 0) is 43.5 Å². The molecular weight excluding hydrogens is 322 g/mol. The lowest BCUT2D eigenvalue weighted by Gasteiger charge is -2.36. The third kappa shape index (κ3) is 3.56. The largest absolute Gasteiger partial charge is 0.330 e. The number of hydrogen-bond acceptors (Lipinski definition) is 4. The van der Waals surface area contributed by atoms with E-state index in [1.54, 1.807) is 6.07 Å². The van der Waals surface area contributed by atoms with Crippen LogP contribution in [0.25, 0.3) is 0 Å². The molecule has 0 amide bonds. The number of piperidine rings is 1. The summed E-state index contributed by atoms with van der Waals surface area (Å²) in [5, 5.41) is 11.1. The van der Waals surface area contributed by atoms with E-state index in [0.717, 1.165) is 29.5 Å². The zero-order valence-corrected chi connectivity index (χ0v) is 13.2. The van der Waals surface area contributed by atoms with Crippen molar-refractivity contribution in [2.45, 2.75) is 19.9 Å². The van der Waals surface area contributed by atoms with Crippen molar-refractivity contribution in [3.05, 3.63) is 38.3 Å². The second-order valence-corrected chi connectivity index (χ2v) is 6.44. The van der Waals surface area contributed by atoms with Crippen LogP contribution in [0.15, 0.2) is 22.7 Å². The summed E-state index contributed by atoms with van der Waals surface area (Å²) in [6.45, 7) is 5.43. The Morgan fingerprint density at radius 1 is 1.55 bits per heavy atom. The Balaban J connectivity index is 2.12. The summed E-state index contributed by atoms with van der Waals surface area (Å²) in [5.41, 5.74) is 6.76. The van der Waals surface area contributed by atoms with Crippen LogP contribution < -0.4 is 5.73 Å². The van der Waals surface area contributed by atoms with Crippen LogP contribution in [0, 0.1) is 22.0 Å². The number of halogens is 1. The number of likely N-dealkylation sites (tertiary alicyclic amines) is 1. The first-order chi connectivity index (χ1) is 9.51. The van der Waals surface area contributed by atoms with Crippen LogP contribution in [0.3, 0.4) is 0 Å². The molecule has 1 aromatic rings. The zero-order valence-electron chi connectivity index (χ0n) is 11.6. The van der Waals surface area contributed by atoms with Gasteiger partial charge in [0.2, 0.25) is 0 Å². The number of nitrogens with two attached hydrogens (primary N) is 1. The highest BCUT2D eigenvalue weighted by molar-refractivity contribution is 9.10. The molecule has 0 bridgehead atoms. The molecule has 2 rings (SSSR count). The Morgan fingerprint density at radius 2 is 2.30 bits per heavy atom. The summed E-state index contributed by atoms with van der Waals surface area (Å²) < 4.78 is 0.736. The summed E-state index contributed by atoms with van der Waals surface area (Å²) in [6.07, 6.45) is 1.10. The van der Waals surface area contributed by atoms with Gasteiger partial charge in [0.15, 0.2) is 0 Å². The molecule has 20 heavy (non-hydrogen) atoms. The highest BCUT2D eigenvalue weighted by Crippen LogP contribution is 2.28. The molecule has 1 heterocycles. The van der Waals surface area contributed by atoms with E-state index in [1.807, 2.05) is 12.1 Å². The molecule has 0 radical (unpaired) electrons. The first-order valence-corrected chi connectivity index (χ1v) is 7.65. The Labute approximate surface area is 127 Å². The second-order valence-electron chi connectivity index (χ2n) is 5.53. The molecule has 0 aromatic heterocycles. The van der Waals surface area contributed by atoms with Gasteiger partial charge >= 0.3 is 0 Å². The lowest BCUT2D eigenvalue weighted by atomic mass is 9.87. The Kier molecular flexibility index (Phi) is 5.12. The molecule has 2 atom stereocenters. The number of nitro groups is 1. The van der Waals surface area contributed by atoms with Crippen LogP contribution in [-0.2, 0) is 6.54 Å². The molecule has 6 heteroatoms. The van der Waals surface area contributed by atoms with Crippen molar-refractivity contribution in [3.8, 4) is 0 Å². The molecule has 1 fully saturated rings. The smallest absolute Gasteiger partial charge is 0.275 e. The van der Waals surface area contributed by atoms with E-state index in [2.05, 4.69) is 27.8 Å². The molecule has 110 valence electrons. The maximum atomic E-state index is 11.1. The maximum Gasteiger partial charge on any atom is 0.275 e. The van der Waals surface area contributed by atoms with E-state index in [1.165, 1.54) is 0 Å². The molecule has 2 N–H and O–H groups in total. The number of benzene rings is 1. The van der Waals surface area contributed by atoms with Crippen molar-refractivity contribution in [1.29, 1.82) is 0 Å². The van der Waals surface area contributed by atoms with Gasteiger partial charge in [-0.1, -0.05) is 22.9 Å². The van der Waals surface area contributed by atoms with Gasteiger partial charge in [-0.3, -0.25) is 15.0 Å². The molecule has 0 saturated carbocycles. The molecule has 0 spiro atoms. The van der Waals surface area contributed by atoms with E-state index < -0.39 is 0 Å². The van der Waals surface area contributed by atoms with Gasteiger partial charge in [0.1, 0.15) is 0 Å². The molecule has 1 aliphatic rings. The maximum absolute atomic E-state index is 11.1. The predicted molar refractivity (Wildman–Crippen MR) is 82.4 cm³/mol. The lowest BCUT2D eigenvalue weighted by Crippen LogP contribution is -2.42. The molecule has 1 aromatic carbocycles. The van der Waals surface area contributed by atoms with Crippen molar-refractivity contribution in [2.75, 3.05) is 19.6 Å². The van der Waals surface area contributed by atoms with Crippen LogP contribution >= 0.6 is 15.9 Å². The summed E-state index contributed by atoms with van der Waals surface area (Å²) in [7, 11) is 0. The van der Waals surface area contributed by atoms with Gasteiger partial charge in [0.25, 0.3) is 5.69 Å². The minimum atomic E-state index is -0.312. The van der Waals surface area contributed by atoms with E-state index in [9.17, 15) is 10.1 Å². The van der Waals surface area contributed by atoms with Crippen molar-refractivity contribution in [2.24, 2.45) is 17.6 Å². The van der Waals surface area contributed by atoms with Crippen molar-refractivity contribution >= 4 is 21.6 Å². The predicted octanol–water partition coefficient (Wildman–Crippen LogP) is 2.77. The van der Waals surface area contributed by atoms with Gasteiger partial charge in [0.05, 0.1) is 4.92 Å². The molecule has 1 aliphatic heterocycles. The quantitative estimate of drug-likeness (QED) is 0.675. The van der Waals surface area contributed by atoms with E-state index in [4.69, 9.17) is 5.73 Å². The third-order valence-electron chi connectivity index (χ3n) is 4.14. The number of hydrogen-bond donors (Lipinski definition) is 1. The van der Waals surface area contributed by atoms with Gasteiger partial charge < -0.3 is 5.73 Å². The van der Waals surface area contributed by atoms with Crippen LogP contribution in [0.5, 0.6) is 0 Å². The van der Waals surface area contributed by atoms with Crippen molar-refractivity contribution in [3.63, 3.8) is 0 Å². The minimum absolute atomic E-state index is 0.183. The van der Waals surface area contributed by atoms with Gasteiger partial charge in [-0.2, -0.15) is 0 Å². The third-order valence-corrected chi connectivity index (χ3v) is 4.63. The molecule has 1 saturated heterocycles. The molecule has 5 nitrogen and oxygen atoms in total. The summed E-state index contributed by atoms with van der Waals surface area (Å²) >= 11 is 3.28. The van der Waals surface area contributed by atoms with Gasteiger partial charge in [-0.25, -0.2) is 0 Å². The SMILES string of the molecule is CC1CCN(Cc2ccc(Br)cc2[N+](=O)[O-])CC1CN. The van der Waals surface area contributed by atoms with Crippen molar-refractivity contribution in [1.82, 2.24) is 4.90 Å². The molecule has 2 unspecified atom stereocenters. The summed E-state index contributed by atoms with van der Waals surface area (Å²) in [4.78, 5) is 13.1. The Morgan fingerprint density at radius 3 is 2.95 bits per heavy atom. The van der Waals surface area contributed by atoms with Crippen LogP contribution in [0.2, 0.25) is 0 Å². The first kappa shape index (κ1) is 15.4. The topological polar surface area (TPSA) is 72.4 Å². The second kappa shape index (κ2) is 6.65. The van der Waals surface area contributed by atoms with Crippen LogP contribution in [-0.4, -0.2) is 29.5 Å². The van der Waals surface area contributed by atoms with Gasteiger partial charge in [0, 0.05) is 29.2 Å². The fraction of sp³-hybridized carbons (Fsp3) is 0.571. The Hall–Kier alpha value is -0.980. The Bertz CT molecular complexity index is 495. The zero-order chi connectivity index (χ0) is 14.7. The first-order valence-electron chi connectivity index (χ1n) is 6.86. The van der Waals surface area contributed by atoms with Crippen molar-refractivity contribution < 1.29 is 4.92 Å². The standard InChI is InChI=1S/C14H20BrN3O2/c1-10-4-5-17(9-12(10)7-16)8-11-2-3-13(15)6-14(11)18(19)20/h2-3,6,10,12H,4-5,7-9,16H2,1H3. The highest BCUT2D eigenvalue weighted by atomic mass is 79.9.